The second kappa shape index (κ2) is 6.37. The van der Waals surface area contributed by atoms with Crippen molar-refractivity contribution < 1.29 is 9.26 Å². The predicted octanol–water partition coefficient (Wildman–Crippen LogP) is 4.17. The van der Waals surface area contributed by atoms with Gasteiger partial charge < -0.3 is 14.6 Å². The molecule has 6 heteroatoms. The summed E-state index contributed by atoms with van der Waals surface area (Å²) in [7, 11) is 1.67. The molecule has 2 aromatic rings. The molecule has 0 amide bonds. The number of rotatable bonds is 6. The molecule has 24 heavy (non-hydrogen) atoms. The van der Waals surface area contributed by atoms with Crippen LogP contribution in [0, 0.1) is 0 Å². The van der Waals surface area contributed by atoms with Crippen LogP contribution in [0.15, 0.2) is 22.7 Å². The number of ether oxygens (including phenoxy) is 1. The van der Waals surface area contributed by atoms with E-state index in [4.69, 9.17) is 25.8 Å². The maximum atomic E-state index is 6.37. The van der Waals surface area contributed by atoms with Crippen molar-refractivity contribution in [1.29, 1.82) is 0 Å². The van der Waals surface area contributed by atoms with E-state index in [1.54, 1.807) is 7.11 Å². The lowest BCUT2D eigenvalue weighted by molar-refractivity contribution is 0.294. The number of nitrogens with one attached hydrogen (secondary N) is 1. The van der Waals surface area contributed by atoms with Crippen molar-refractivity contribution in [1.82, 2.24) is 15.5 Å². The minimum absolute atomic E-state index is 0.221. The number of hydrogen-bond donors (Lipinski definition) is 1. The summed E-state index contributed by atoms with van der Waals surface area (Å²) >= 11 is 6.37. The highest BCUT2D eigenvalue weighted by Gasteiger charge is 2.41. The van der Waals surface area contributed by atoms with E-state index in [0.717, 1.165) is 35.9 Å². The Balaban J connectivity index is 1.57. The van der Waals surface area contributed by atoms with E-state index < -0.39 is 0 Å². The maximum absolute atomic E-state index is 6.37. The van der Waals surface area contributed by atoms with Gasteiger partial charge in [-0.3, -0.25) is 0 Å². The Morgan fingerprint density at radius 1 is 1.33 bits per heavy atom. The lowest BCUT2D eigenvalue weighted by atomic mass is 9.96. The molecule has 1 aromatic carbocycles. The van der Waals surface area contributed by atoms with Crippen molar-refractivity contribution in [2.24, 2.45) is 0 Å². The number of methoxy groups -OCH3 is 1. The third-order valence-electron chi connectivity index (χ3n) is 5.15. The Labute approximate surface area is 146 Å². The minimum atomic E-state index is -0.221. The standard InChI is InChI=1S/C18H22ClN3O2/c1-23-15-6-4-5-14(19)13(15)11-20-18(9-2-3-10-18)17-21-16(24-22-17)12-7-8-12/h4-6,12,20H,2-3,7-11H2,1H3. The summed E-state index contributed by atoms with van der Waals surface area (Å²) in [4.78, 5) is 4.70. The molecule has 5 nitrogen and oxygen atoms in total. The molecule has 128 valence electrons. The quantitative estimate of drug-likeness (QED) is 0.849. The fourth-order valence-corrected chi connectivity index (χ4v) is 3.78. The highest BCUT2D eigenvalue weighted by atomic mass is 35.5. The van der Waals surface area contributed by atoms with Gasteiger partial charge in [0.25, 0.3) is 0 Å². The van der Waals surface area contributed by atoms with Crippen molar-refractivity contribution in [2.75, 3.05) is 7.11 Å². The second-order valence-electron chi connectivity index (χ2n) is 6.79. The van der Waals surface area contributed by atoms with Gasteiger partial charge in [0.1, 0.15) is 5.75 Å². The number of benzene rings is 1. The van der Waals surface area contributed by atoms with Crippen LogP contribution in [0.25, 0.3) is 0 Å². The lowest BCUT2D eigenvalue weighted by Gasteiger charge is -2.27. The molecule has 0 aliphatic heterocycles. The largest absolute Gasteiger partial charge is 0.496 e. The average Bonchev–Trinajstić information content (AvgIpc) is 3.12. The van der Waals surface area contributed by atoms with E-state index in [9.17, 15) is 0 Å². The van der Waals surface area contributed by atoms with Gasteiger partial charge in [-0.05, 0) is 37.8 Å². The van der Waals surface area contributed by atoms with Crippen LogP contribution in [0.1, 0.15) is 61.7 Å². The molecule has 0 atom stereocenters. The first kappa shape index (κ1) is 15.9. The number of halogens is 1. The molecule has 1 aromatic heterocycles. The molecule has 0 bridgehead atoms. The van der Waals surface area contributed by atoms with Crippen LogP contribution in [0.4, 0.5) is 0 Å². The van der Waals surface area contributed by atoms with E-state index in [1.165, 1.54) is 25.7 Å². The van der Waals surface area contributed by atoms with E-state index in [1.807, 2.05) is 18.2 Å². The summed E-state index contributed by atoms with van der Waals surface area (Å²) in [5.41, 5.74) is 0.750. The highest BCUT2D eigenvalue weighted by molar-refractivity contribution is 6.31. The third kappa shape index (κ3) is 2.91. The second-order valence-corrected chi connectivity index (χ2v) is 7.20. The molecule has 0 radical (unpaired) electrons. The summed E-state index contributed by atoms with van der Waals surface area (Å²) in [6.07, 6.45) is 6.70. The Morgan fingerprint density at radius 2 is 2.12 bits per heavy atom. The summed E-state index contributed by atoms with van der Waals surface area (Å²) in [5.74, 6) is 2.88. The maximum Gasteiger partial charge on any atom is 0.229 e. The zero-order chi connectivity index (χ0) is 16.6. The van der Waals surface area contributed by atoms with Gasteiger partial charge >= 0.3 is 0 Å². The van der Waals surface area contributed by atoms with Gasteiger partial charge in [-0.15, -0.1) is 0 Å². The molecule has 1 N–H and O–H groups in total. The van der Waals surface area contributed by atoms with Crippen LogP contribution >= 0.6 is 11.6 Å². The van der Waals surface area contributed by atoms with Crippen LogP contribution < -0.4 is 10.1 Å². The van der Waals surface area contributed by atoms with Crippen LogP contribution in [0.3, 0.4) is 0 Å². The first-order chi connectivity index (χ1) is 11.7. The summed E-state index contributed by atoms with van der Waals surface area (Å²) in [6.45, 7) is 0.621. The van der Waals surface area contributed by atoms with Crippen molar-refractivity contribution >= 4 is 11.6 Å². The molecule has 2 fully saturated rings. The van der Waals surface area contributed by atoms with Crippen molar-refractivity contribution in [2.45, 2.75) is 56.5 Å². The summed E-state index contributed by atoms with van der Waals surface area (Å²) in [6, 6.07) is 5.73. The van der Waals surface area contributed by atoms with Gasteiger partial charge in [-0.2, -0.15) is 4.98 Å². The summed E-state index contributed by atoms with van der Waals surface area (Å²) in [5, 5.41) is 8.67. The fourth-order valence-electron chi connectivity index (χ4n) is 3.54. The molecule has 0 unspecified atom stereocenters. The van der Waals surface area contributed by atoms with Crippen molar-refractivity contribution in [3.8, 4) is 5.75 Å². The van der Waals surface area contributed by atoms with Crippen molar-refractivity contribution in [3.63, 3.8) is 0 Å². The van der Waals surface area contributed by atoms with Gasteiger partial charge in [0, 0.05) is 23.0 Å². The molecule has 2 aliphatic carbocycles. The Hall–Kier alpha value is -1.59. The van der Waals surface area contributed by atoms with E-state index in [2.05, 4.69) is 10.5 Å². The third-order valence-corrected chi connectivity index (χ3v) is 5.51. The normalized spacial score (nSPS) is 19.6. The van der Waals surface area contributed by atoms with Gasteiger partial charge in [0.05, 0.1) is 12.6 Å². The number of aromatic nitrogens is 2. The van der Waals surface area contributed by atoms with Crippen LogP contribution in [-0.4, -0.2) is 17.3 Å². The van der Waals surface area contributed by atoms with Crippen LogP contribution in [0.2, 0.25) is 5.02 Å². The molecule has 1 heterocycles. The number of hydrogen-bond acceptors (Lipinski definition) is 5. The summed E-state index contributed by atoms with van der Waals surface area (Å²) < 4.78 is 10.9. The van der Waals surface area contributed by atoms with Gasteiger partial charge in [-0.25, -0.2) is 0 Å². The Morgan fingerprint density at radius 3 is 2.83 bits per heavy atom. The first-order valence-electron chi connectivity index (χ1n) is 8.62. The molecular weight excluding hydrogens is 326 g/mol. The topological polar surface area (TPSA) is 60.2 Å². The Kier molecular flexibility index (Phi) is 4.22. The van der Waals surface area contributed by atoms with Gasteiger partial charge in [0.15, 0.2) is 5.82 Å². The molecule has 0 saturated heterocycles. The van der Waals surface area contributed by atoms with Crippen LogP contribution in [0.5, 0.6) is 5.75 Å². The molecule has 2 saturated carbocycles. The highest BCUT2D eigenvalue weighted by Crippen LogP contribution is 2.42. The zero-order valence-corrected chi connectivity index (χ0v) is 14.6. The van der Waals surface area contributed by atoms with E-state index in [-0.39, 0.29) is 5.54 Å². The molecule has 0 spiro atoms. The van der Waals surface area contributed by atoms with Gasteiger partial charge in [0.2, 0.25) is 5.89 Å². The molecule has 2 aliphatic rings. The average molecular weight is 348 g/mol. The SMILES string of the molecule is COc1cccc(Cl)c1CNC1(c2noc(C3CC3)n2)CCCC1. The van der Waals surface area contributed by atoms with Crippen LogP contribution in [-0.2, 0) is 12.1 Å². The van der Waals surface area contributed by atoms with E-state index >= 15 is 0 Å². The smallest absolute Gasteiger partial charge is 0.229 e. The monoisotopic (exact) mass is 347 g/mol. The van der Waals surface area contributed by atoms with Crippen molar-refractivity contribution in [3.05, 3.63) is 40.5 Å². The molecule has 4 rings (SSSR count). The minimum Gasteiger partial charge on any atom is -0.496 e. The van der Waals surface area contributed by atoms with E-state index in [0.29, 0.717) is 17.5 Å². The first-order valence-corrected chi connectivity index (χ1v) is 9.00. The Bertz CT molecular complexity index is 721. The lowest BCUT2D eigenvalue weighted by Crippen LogP contribution is -2.40. The molecular formula is C18H22ClN3O2. The fraction of sp³-hybridized carbons (Fsp3) is 0.556. The van der Waals surface area contributed by atoms with Gasteiger partial charge in [-0.1, -0.05) is 35.7 Å². The zero-order valence-electron chi connectivity index (χ0n) is 13.8. The number of nitrogens with zero attached hydrogens (tertiary/aromatic N) is 2. The predicted molar refractivity (Wildman–Crippen MR) is 91.3 cm³/mol.